The van der Waals surface area contributed by atoms with Crippen molar-refractivity contribution in [2.75, 3.05) is 6.54 Å². The molecule has 0 spiro atoms. The number of ether oxygens (including phenoxy) is 1. The van der Waals surface area contributed by atoms with Crippen LogP contribution in [0.25, 0.3) is 0 Å². The summed E-state index contributed by atoms with van der Waals surface area (Å²) >= 11 is 0. The summed E-state index contributed by atoms with van der Waals surface area (Å²) < 4.78 is 5.76. The van der Waals surface area contributed by atoms with E-state index in [-0.39, 0.29) is 10.8 Å². The van der Waals surface area contributed by atoms with E-state index in [9.17, 15) is 5.21 Å². The van der Waals surface area contributed by atoms with Crippen molar-refractivity contribution in [3.8, 4) is 0 Å². The van der Waals surface area contributed by atoms with Gasteiger partial charge in [0.25, 0.3) is 0 Å². The van der Waals surface area contributed by atoms with E-state index in [0.717, 1.165) is 25.7 Å². The average molecular weight is 259 g/mol. The summed E-state index contributed by atoms with van der Waals surface area (Å²) in [6.45, 7) is 7.42. The van der Waals surface area contributed by atoms with Crippen LogP contribution in [0.15, 0.2) is 0 Å². The van der Waals surface area contributed by atoms with Crippen molar-refractivity contribution in [3.63, 3.8) is 0 Å². The molecule has 4 unspecified atom stereocenters. The van der Waals surface area contributed by atoms with Crippen molar-refractivity contribution in [2.45, 2.75) is 58.7 Å². The van der Waals surface area contributed by atoms with Gasteiger partial charge in [-0.2, -0.15) is 0 Å². The molecule has 106 valence electrons. The van der Waals surface area contributed by atoms with Crippen molar-refractivity contribution in [3.05, 3.63) is 5.21 Å². The summed E-state index contributed by atoms with van der Waals surface area (Å²) in [5.41, 5.74) is 3.06. The fraction of sp³-hybridized carbons (Fsp3) is 1.00. The lowest BCUT2D eigenvalue weighted by molar-refractivity contribution is -1.07. The highest BCUT2D eigenvalue weighted by molar-refractivity contribution is 4.99. The van der Waals surface area contributed by atoms with Crippen LogP contribution < -0.4 is 16.7 Å². The molecular weight excluding hydrogens is 234 g/mol. The Bertz CT molecular complexity index is 298. The van der Waals surface area contributed by atoms with Gasteiger partial charge in [-0.05, 0) is 36.5 Å². The molecule has 1 aliphatic heterocycles. The molecular formula is C12H25N3O3. The summed E-state index contributed by atoms with van der Waals surface area (Å²) in [5.74, 6) is 4.94. The number of nitrogens with two attached hydrogens (primary N) is 1. The third kappa shape index (κ3) is 3.40. The van der Waals surface area contributed by atoms with E-state index in [1.165, 1.54) is 0 Å². The molecule has 2 rings (SSSR count). The molecule has 0 aromatic rings. The van der Waals surface area contributed by atoms with Gasteiger partial charge in [-0.25, -0.2) is 0 Å². The SMILES string of the molecule is CC1(CNO[NH+](N)[O-])CCC2OC2C(C)(C)CC1. The monoisotopic (exact) mass is 259 g/mol. The van der Waals surface area contributed by atoms with Gasteiger partial charge in [0.05, 0.1) is 12.2 Å². The van der Waals surface area contributed by atoms with E-state index in [2.05, 4.69) is 31.2 Å². The summed E-state index contributed by atoms with van der Waals surface area (Å²) in [6.07, 6.45) is 5.26. The topological polar surface area (TPSA) is 87.3 Å². The third-order valence-corrected chi connectivity index (χ3v) is 4.43. The predicted octanol–water partition coefficient (Wildman–Crippen LogP) is 0.0529. The first-order chi connectivity index (χ1) is 8.32. The summed E-state index contributed by atoms with van der Waals surface area (Å²) in [5, 5.41) is 9.77. The number of fused-ring (bicyclic) bond motifs is 1. The first kappa shape index (κ1) is 14.2. The zero-order valence-electron chi connectivity index (χ0n) is 11.5. The summed E-state index contributed by atoms with van der Waals surface area (Å²) in [6, 6.07) is 0. The van der Waals surface area contributed by atoms with Gasteiger partial charge in [0.2, 0.25) is 0 Å². The Morgan fingerprint density at radius 3 is 2.78 bits per heavy atom. The number of epoxide rings is 1. The number of hydrogen-bond acceptors (Lipinski definition) is 5. The standard InChI is InChI=1S/C12H25N3O3/c1-11(2)6-7-12(3,8-14-18-15(13)16)5-4-9-10(11)17-9/h9-10,14-15H,4-8,13H2,1-3H3. The minimum Gasteiger partial charge on any atom is -0.578 e. The van der Waals surface area contributed by atoms with Crippen LogP contribution in [0.5, 0.6) is 0 Å². The highest BCUT2D eigenvalue weighted by Gasteiger charge is 2.51. The highest BCUT2D eigenvalue weighted by atomic mass is 17.0. The number of rotatable bonds is 4. The molecule has 0 aromatic carbocycles. The van der Waals surface area contributed by atoms with Crippen molar-refractivity contribution in [1.29, 1.82) is 0 Å². The Labute approximate surface area is 108 Å². The Morgan fingerprint density at radius 1 is 1.39 bits per heavy atom. The fourth-order valence-corrected chi connectivity index (χ4v) is 2.89. The van der Waals surface area contributed by atoms with Gasteiger partial charge >= 0.3 is 0 Å². The van der Waals surface area contributed by atoms with E-state index in [4.69, 9.17) is 10.6 Å². The van der Waals surface area contributed by atoms with Crippen LogP contribution in [0, 0.1) is 16.0 Å². The van der Waals surface area contributed by atoms with Gasteiger partial charge in [0, 0.05) is 6.54 Å². The lowest BCUT2D eigenvalue weighted by Gasteiger charge is -2.35. The molecule has 1 aliphatic carbocycles. The lowest BCUT2D eigenvalue weighted by Crippen LogP contribution is -3.13. The molecule has 1 saturated heterocycles. The Morgan fingerprint density at radius 2 is 2.11 bits per heavy atom. The summed E-state index contributed by atoms with van der Waals surface area (Å²) in [4.78, 5) is 4.63. The molecule has 4 N–H and O–H groups in total. The van der Waals surface area contributed by atoms with Gasteiger partial charge < -0.3 is 9.94 Å². The second-order valence-electron chi connectivity index (χ2n) is 6.68. The van der Waals surface area contributed by atoms with Crippen LogP contribution in [-0.2, 0) is 9.68 Å². The predicted molar refractivity (Wildman–Crippen MR) is 66.6 cm³/mol. The van der Waals surface area contributed by atoms with E-state index in [1.807, 2.05) is 0 Å². The fourth-order valence-electron chi connectivity index (χ4n) is 2.89. The maximum atomic E-state index is 10.5. The molecule has 0 radical (unpaired) electrons. The van der Waals surface area contributed by atoms with Crippen LogP contribution in [-0.4, -0.2) is 18.8 Å². The minimum absolute atomic E-state index is 0.129. The van der Waals surface area contributed by atoms with E-state index in [1.54, 1.807) is 0 Å². The molecule has 6 heteroatoms. The maximum absolute atomic E-state index is 10.5. The molecule has 18 heavy (non-hydrogen) atoms. The minimum atomic E-state index is -0.782. The largest absolute Gasteiger partial charge is 0.578 e. The van der Waals surface area contributed by atoms with E-state index >= 15 is 0 Å². The maximum Gasteiger partial charge on any atom is 0.0892 e. The second-order valence-corrected chi connectivity index (χ2v) is 6.68. The third-order valence-electron chi connectivity index (χ3n) is 4.43. The molecule has 0 aromatic heterocycles. The van der Waals surface area contributed by atoms with Gasteiger partial charge in [-0.1, -0.05) is 25.7 Å². The first-order valence-corrected chi connectivity index (χ1v) is 6.67. The number of hydroxylamine groups is 1. The van der Waals surface area contributed by atoms with Crippen molar-refractivity contribution in [1.82, 2.24) is 5.48 Å². The average Bonchev–Trinajstić information content (AvgIpc) is 3.03. The summed E-state index contributed by atoms with van der Waals surface area (Å²) in [7, 11) is 0. The number of quaternary nitrogens is 1. The van der Waals surface area contributed by atoms with Gasteiger partial charge in [-0.15, -0.1) is 16.7 Å². The van der Waals surface area contributed by atoms with Crippen LogP contribution >= 0.6 is 0 Å². The van der Waals surface area contributed by atoms with Gasteiger partial charge in [0.15, 0.2) is 0 Å². The van der Waals surface area contributed by atoms with Crippen LogP contribution in [0.3, 0.4) is 0 Å². The smallest absolute Gasteiger partial charge is 0.0892 e. The first-order valence-electron chi connectivity index (χ1n) is 6.67. The van der Waals surface area contributed by atoms with Crippen LogP contribution in [0.1, 0.15) is 46.5 Å². The molecule has 2 fully saturated rings. The van der Waals surface area contributed by atoms with Gasteiger partial charge in [0.1, 0.15) is 0 Å². The second kappa shape index (κ2) is 5.03. The van der Waals surface area contributed by atoms with Gasteiger partial charge in [-0.3, -0.25) is 0 Å². The molecule has 6 nitrogen and oxygen atoms in total. The molecule has 0 bridgehead atoms. The van der Waals surface area contributed by atoms with Crippen molar-refractivity contribution in [2.24, 2.45) is 16.7 Å². The quantitative estimate of drug-likeness (QED) is 0.377. The Kier molecular flexibility index (Phi) is 3.96. The van der Waals surface area contributed by atoms with Crippen LogP contribution in [0.4, 0.5) is 0 Å². The normalized spacial score (nSPS) is 40.5. The molecule has 1 heterocycles. The molecule has 1 saturated carbocycles. The lowest BCUT2D eigenvalue weighted by atomic mass is 9.70. The zero-order chi connectivity index (χ0) is 13.4. The van der Waals surface area contributed by atoms with E-state index < -0.39 is 5.34 Å². The zero-order valence-corrected chi connectivity index (χ0v) is 11.5. The Hall–Kier alpha value is -0.240. The number of nitrogens with one attached hydrogen (secondary N) is 2. The molecule has 2 aliphatic rings. The number of hydrogen-bond donors (Lipinski definition) is 3. The highest BCUT2D eigenvalue weighted by Crippen LogP contribution is 2.49. The van der Waals surface area contributed by atoms with E-state index in [0.29, 0.717) is 18.8 Å². The molecule has 4 atom stereocenters. The van der Waals surface area contributed by atoms with Crippen molar-refractivity contribution >= 4 is 0 Å². The Balaban J connectivity index is 1.87. The molecule has 0 amide bonds. The van der Waals surface area contributed by atoms with Crippen LogP contribution in [0.2, 0.25) is 0 Å². The van der Waals surface area contributed by atoms with Crippen molar-refractivity contribution < 1.29 is 15.0 Å².